The summed E-state index contributed by atoms with van der Waals surface area (Å²) in [6, 6.07) is 0. The first-order valence-corrected chi connectivity index (χ1v) is 7.42. The Labute approximate surface area is 130 Å². The van der Waals surface area contributed by atoms with Crippen LogP contribution in [0.1, 0.15) is 6.42 Å². The quantitative estimate of drug-likeness (QED) is 0.144. The molecule has 128 valence electrons. The number of nitrogens with one attached hydrogen (secondary N) is 4. The zero-order valence-electron chi connectivity index (χ0n) is 12.9. The molecular weight excluding hydrogens is 288 g/mol. The molecule has 9 heteroatoms. The van der Waals surface area contributed by atoms with Gasteiger partial charge >= 0.3 is 0 Å². The van der Waals surface area contributed by atoms with Crippen LogP contribution in [0, 0.1) is 5.92 Å². The molecule has 0 fully saturated rings. The Morgan fingerprint density at radius 1 is 0.955 bits per heavy atom. The fourth-order valence-electron chi connectivity index (χ4n) is 1.76. The maximum atomic E-state index is 11.8. The molecule has 0 radical (unpaired) electrons. The standard InChI is InChI=1S/C13H28N6O3/c14-1-3-16-8-11(9-17-4-2-15)7-12(21)19-10-13(22)18-5-6-20/h6,11,16-17H,1-5,7-10,14-15H2,(H,18,22)(H,19,21). The van der Waals surface area contributed by atoms with Crippen LogP contribution in [0.5, 0.6) is 0 Å². The third kappa shape index (κ3) is 12.2. The minimum absolute atomic E-state index is 0.0522. The molecule has 0 spiro atoms. The molecule has 8 N–H and O–H groups in total. The van der Waals surface area contributed by atoms with E-state index < -0.39 is 0 Å². The number of carbonyl (C=O) groups excluding carboxylic acids is 3. The van der Waals surface area contributed by atoms with E-state index in [0.29, 0.717) is 45.6 Å². The van der Waals surface area contributed by atoms with E-state index in [1.165, 1.54) is 0 Å². The van der Waals surface area contributed by atoms with Crippen LogP contribution in [0.2, 0.25) is 0 Å². The summed E-state index contributed by atoms with van der Waals surface area (Å²) in [7, 11) is 0. The SMILES string of the molecule is NCCNCC(CNCCN)CC(=O)NCC(=O)NCC=O. The largest absolute Gasteiger partial charge is 0.348 e. The fourth-order valence-corrected chi connectivity index (χ4v) is 1.76. The van der Waals surface area contributed by atoms with Crippen LogP contribution in [-0.2, 0) is 14.4 Å². The maximum Gasteiger partial charge on any atom is 0.239 e. The number of rotatable bonds is 14. The molecule has 0 rings (SSSR count). The third-order valence-electron chi connectivity index (χ3n) is 2.81. The van der Waals surface area contributed by atoms with Crippen LogP contribution < -0.4 is 32.7 Å². The zero-order chi connectivity index (χ0) is 16.6. The van der Waals surface area contributed by atoms with Gasteiger partial charge in [-0.3, -0.25) is 9.59 Å². The highest BCUT2D eigenvalue weighted by Gasteiger charge is 2.14. The number of amides is 2. The van der Waals surface area contributed by atoms with Gasteiger partial charge in [-0.05, 0) is 19.0 Å². The van der Waals surface area contributed by atoms with Crippen LogP contribution in [-0.4, -0.2) is 70.5 Å². The van der Waals surface area contributed by atoms with Gasteiger partial charge in [0.05, 0.1) is 13.1 Å². The smallest absolute Gasteiger partial charge is 0.239 e. The first-order chi connectivity index (χ1) is 10.6. The highest BCUT2D eigenvalue weighted by molar-refractivity contribution is 5.85. The van der Waals surface area contributed by atoms with Crippen molar-refractivity contribution in [2.24, 2.45) is 17.4 Å². The first kappa shape index (κ1) is 20.5. The maximum absolute atomic E-state index is 11.8. The predicted octanol–water partition coefficient (Wildman–Crippen LogP) is -3.48. The Morgan fingerprint density at radius 2 is 1.55 bits per heavy atom. The van der Waals surface area contributed by atoms with Gasteiger partial charge in [0.1, 0.15) is 6.29 Å². The molecule has 0 saturated carbocycles. The second-order valence-corrected chi connectivity index (χ2v) is 4.80. The van der Waals surface area contributed by atoms with Gasteiger partial charge in [0.25, 0.3) is 0 Å². The third-order valence-corrected chi connectivity index (χ3v) is 2.81. The van der Waals surface area contributed by atoms with E-state index in [2.05, 4.69) is 21.3 Å². The average molecular weight is 316 g/mol. The normalized spacial score (nSPS) is 10.5. The van der Waals surface area contributed by atoms with Gasteiger partial charge in [-0.1, -0.05) is 0 Å². The van der Waals surface area contributed by atoms with Gasteiger partial charge in [0, 0.05) is 32.6 Å². The van der Waals surface area contributed by atoms with Crippen LogP contribution in [0.4, 0.5) is 0 Å². The van der Waals surface area contributed by atoms with Crippen molar-refractivity contribution in [2.45, 2.75) is 6.42 Å². The minimum Gasteiger partial charge on any atom is -0.348 e. The summed E-state index contributed by atoms with van der Waals surface area (Å²) in [6.07, 6.45) is 0.873. The second kappa shape index (κ2) is 14.4. The van der Waals surface area contributed by atoms with Crippen molar-refractivity contribution >= 4 is 18.1 Å². The Balaban J connectivity index is 4.05. The zero-order valence-corrected chi connectivity index (χ0v) is 12.9. The lowest BCUT2D eigenvalue weighted by Gasteiger charge is -2.18. The molecule has 0 unspecified atom stereocenters. The molecule has 2 amide bonds. The summed E-state index contributed by atoms with van der Waals surface area (Å²) in [5, 5.41) is 11.2. The van der Waals surface area contributed by atoms with Crippen LogP contribution >= 0.6 is 0 Å². The number of hydrogen-bond acceptors (Lipinski definition) is 7. The summed E-state index contributed by atoms with van der Waals surface area (Å²) < 4.78 is 0. The Bertz CT molecular complexity index is 317. The molecule has 9 nitrogen and oxygen atoms in total. The lowest BCUT2D eigenvalue weighted by molar-refractivity contribution is -0.126. The van der Waals surface area contributed by atoms with Gasteiger partial charge in [-0.15, -0.1) is 0 Å². The average Bonchev–Trinajstić information content (AvgIpc) is 2.51. The minimum atomic E-state index is -0.389. The number of hydrogen-bond donors (Lipinski definition) is 6. The van der Waals surface area contributed by atoms with Gasteiger partial charge < -0.3 is 37.5 Å². The summed E-state index contributed by atoms with van der Waals surface area (Å²) in [4.78, 5) is 33.2. The van der Waals surface area contributed by atoms with Crippen molar-refractivity contribution in [3.63, 3.8) is 0 Å². The first-order valence-electron chi connectivity index (χ1n) is 7.42. The van der Waals surface area contributed by atoms with Crippen molar-refractivity contribution < 1.29 is 14.4 Å². The Morgan fingerprint density at radius 3 is 2.05 bits per heavy atom. The molecule has 0 saturated heterocycles. The van der Waals surface area contributed by atoms with Crippen molar-refractivity contribution in [3.8, 4) is 0 Å². The molecule has 0 aliphatic carbocycles. The van der Waals surface area contributed by atoms with Crippen molar-refractivity contribution in [3.05, 3.63) is 0 Å². The van der Waals surface area contributed by atoms with E-state index in [4.69, 9.17) is 11.5 Å². The molecule has 0 aliphatic rings. The monoisotopic (exact) mass is 316 g/mol. The van der Waals surface area contributed by atoms with E-state index in [1.807, 2.05) is 0 Å². The molecule has 0 heterocycles. The lowest BCUT2D eigenvalue weighted by atomic mass is 10.0. The second-order valence-electron chi connectivity index (χ2n) is 4.80. The van der Waals surface area contributed by atoms with Gasteiger partial charge in [-0.2, -0.15) is 0 Å². The molecule has 22 heavy (non-hydrogen) atoms. The predicted molar refractivity (Wildman–Crippen MR) is 84.0 cm³/mol. The molecule has 0 aromatic rings. The Hall–Kier alpha value is -1.55. The summed E-state index contributed by atoms with van der Waals surface area (Å²) >= 11 is 0. The highest BCUT2D eigenvalue weighted by Crippen LogP contribution is 2.00. The fraction of sp³-hybridized carbons (Fsp3) is 0.769. The van der Waals surface area contributed by atoms with E-state index in [9.17, 15) is 14.4 Å². The van der Waals surface area contributed by atoms with E-state index >= 15 is 0 Å². The van der Waals surface area contributed by atoms with Crippen molar-refractivity contribution in [1.82, 2.24) is 21.3 Å². The Kier molecular flexibility index (Phi) is 13.4. The summed E-state index contributed by atoms with van der Waals surface area (Å²) in [6.45, 7) is 3.55. The van der Waals surface area contributed by atoms with Gasteiger partial charge in [-0.25, -0.2) is 0 Å². The van der Waals surface area contributed by atoms with E-state index in [0.717, 1.165) is 0 Å². The summed E-state index contributed by atoms with van der Waals surface area (Å²) in [5.74, 6) is -0.522. The van der Waals surface area contributed by atoms with E-state index in [-0.39, 0.29) is 37.2 Å². The lowest BCUT2D eigenvalue weighted by Crippen LogP contribution is -2.41. The van der Waals surface area contributed by atoms with Gasteiger partial charge in [0.15, 0.2) is 0 Å². The molecule has 0 bridgehead atoms. The number of carbonyl (C=O) groups is 3. The van der Waals surface area contributed by atoms with Gasteiger partial charge in [0.2, 0.25) is 11.8 Å². The summed E-state index contributed by atoms with van der Waals surface area (Å²) in [5.41, 5.74) is 10.8. The number of nitrogens with two attached hydrogens (primary N) is 2. The van der Waals surface area contributed by atoms with Crippen molar-refractivity contribution in [2.75, 3.05) is 52.4 Å². The highest BCUT2D eigenvalue weighted by atomic mass is 16.2. The molecule has 0 aromatic heterocycles. The molecule has 0 atom stereocenters. The van der Waals surface area contributed by atoms with Crippen LogP contribution in [0.25, 0.3) is 0 Å². The molecular formula is C13H28N6O3. The van der Waals surface area contributed by atoms with E-state index in [1.54, 1.807) is 0 Å². The van der Waals surface area contributed by atoms with Crippen molar-refractivity contribution in [1.29, 1.82) is 0 Å². The van der Waals surface area contributed by atoms with Crippen LogP contribution in [0.3, 0.4) is 0 Å². The molecule has 0 aliphatic heterocycles. The topological polar surface area (TPSA) is 151 Å². The van der Waals surface area contributed by atoms with Crippen LogP contribution in [0.15, 0.2) is 0 Å². The molecule has 0 aromatic carbocycles. The number of aldehydes is 1.